The number of nitrogens with one attached hydrogen (secondary N) is 1. The molecule has 1 aromatic rings. The van der Waals surface area contributed by atoms with Crippen LogP contribution in [0.1, 0.15) is 27.2 Å². The number of ether oxygens (including phenoxy) is 1. The van der Waals surface area contributed by atoms with Crippen LogP contribution >= 0.6 is 0 Å². The highest BCUT2D eigenvalue weighted by Crippen LogP contribution is 2.36. The number of halogens is 3. The highest BCUT2D eigenvalue weighted by atomic mass is 19.4. The Kier molecular flexibility index (Phi) is 5.34. The molecular formula is C16H23F3N4O2. The zero-order valence-corrected chi connectivity index (χ0v) is 14.4. The van der Waals surface area contributed by atoms with E-state index in [4.69, 9.17) is 10.5 Å². The van der Waals surface area contributed by atoms with E-state index in [1.165, 1.54) is 17.3 Å². The lowest BCUT2D eigenvalue weighted by atomic mass is 9.93. The number of carbonyl (C=O) groups is 1. The van der Waals surface area contributed by atoms with Gasteiger partial charge >= 0.3 is 12.3 Å². The molecule has 1 aliphatic heterocycles. The van der Waals surface area contributed by atoms with E-state index >= 15 is 0 Å². The Bertz CT molecular complexity index is 616. The molecule has 2 heterocycles. The fraction of sp³-hybridized carbons (Fsp3) is 0.625. The molecule has 0 spiro atoms. The molecule has 1 aliphatic rings. The zero-order chi connectivity index (χ0) is 18.8. The molecule has 3 N–H and O–H groups in total. The summed E-state index contributed by atoms with van der Waals surface area (Å²) < 4.78 is 45.0. The van der Waals surface area contributed by atoms with E-state index in [1.807, 2.05) is 0 Å². The Morgan fingerprint density at radius 3 is 2.60 bits per heavy atom. The fourth-order valence-corrected chi connectivity index (χ4v) is 2.80. The maximum atomic E-state index is 13.3. The number of alkyl carbamates (subject to hydrolysis) is 1. The third kappa shape index (κ3) is 5.40. The topological polar surface area (TPSA) is 80.5 Å². The summed E-state index contributed by atoms with van der Waals surface area (Å²) in [6, 6.07) is 0.862. The van der Waals surface area contributed by atoms with Gasteiger partial charge in [0, 0.05) is 19.3 Å². The molecule has 2 rings (SSSR count). The first-order chi connectivity index (χ1) is 11.5. The van der Waals surface area contributed by atoms with Crippen LogP contribution in [0.5, 0.6) is 0 Å². The van der Waals surface area contributed by atoms with Crippen molar-refractivity contribution in [2.75, 3.05) is 23.7 Å². The summed E-state index contributed by atoms with van der Waals surface area (Å²) in [7, 11) is 0. The summed E-state index contributed by atoms with van der Waals surface area (Å²) in [5.74, 6) is -1.58. The number of alkyl halides is 3. The number of piperidine rings is 1. The van der Waals surface area contributed by atoms with Crippen LogP contribution in [0.4, 0.5) is 29.3 Å². The van der Waals surface area contributed by atoms with Gasteiger partial charge in [0.05, 0.1) is 29.5 Å². The van der Waals surface area contributed by atoms with Gasteiger partial charge in [-0.2, -0.15) is 13.2 Å². The lowest BCUT2D eigenvalue weighted by Crippen LogP contribution is -2.54. The molecule has 1 unspecified atom stereocenters. The quantitative estimate of drug-likeness (QED) is 0.848. The second-order valence-electron chi connectivity index (χ2n) is 7.16. The Balaban J connectivity index is 2.17. The summed E-state index contributed by atoms with van der Waals surface area (Å²) >= 11 is 0. The first-order valence-electron chi connectivity index (χ1n) is 7.96. The minimum atomic E-state index is -4.37. The number of hydrogen-bond acceptors (Lipinski definition) is 5. The van der Waals surface area contributed by atoms with Crippen LogP contribution in [0.3, 0.4) is 0 Å². The lowest BCUT2D eigenvalue weighted by Gasteiger charge is -2.40. The summed E-state index contributed by atoms with van der Waals surface area (Å²) in [5.41, 5.74) is 5.88. The third-order valence-electron chi connectivity index (χ3n) is 3.80. The average Bonchev–Trinajstić information content (AvgIpc) is 2.44. The molecule has 1 saturated heterocycles. The molecule has 0 saturated carbocycles. The van der Waals surface area contributed by atoms with Gasteiger partial charge in [0.2, 0.25) is 0 Å². The summed E-state index contributed by atoms with van der Waals surface area (Å²) in [5, 5.41) is 2.54. The summed E-state index contributed by atoms with van der Waals surface area (Å²) in [4.78, 5) is 17.3. The molecule has 1 amide bonds. The molecule has 0 radical (unpaired) electrons. The van der Waals surface area contributed by atoms with Crippen molar-refractivity contribution in [3.63, 3.8) is 0 Å². The normalized spacial score (nSPS) is 21.8. The lowest BCUT2D eigenvalue weighted by molar-refractivity contribution is -0.177. The predicted octanol–water partition coefficient (Wildman–Crippen LogP) is 2.95. The van der Waals surface area contributed by atoms with Crippen molar-refractivity contribution in [3.8, 4) is 0 Å². The van der Waals surface area contributed by atoms with Gasteiger partial charge in [-0.05, 0) is 33.3 Å². The number of anilines is 2. The molecule has 0 bridgehead atoms. The molecule has 1 fully saturated rings. The number of hydrogen-bond donors (Lipinski definition) is 2. The second-order valence-corrected chi connectivity index (χ2v) is 7.16. The zero-order valence-electron chi connectivity index (χ0n) is 14.4. The van der Waals surface area contributed by atoms with E-state index < -0.39 is 29.8 Å². The number of nitrogen functional groups attached to an aromatic ring is 1. The Morgan fingerprint density at radius 2 is 2.04 bits per heavy atom. The van der Waals surface area contributed by atoms with Crippen LogP contribution in [0.2, 0.25) is 0 Å². The standard InChI is InChI=1S/C16H23F3N4O2/c1-15(2,3)25-14(24)22-11-6-10(16(17,18)19)8-23(9-11)13-4-5-21-7-12(13)20/h4-5,7,10-11H,6,8-9,20H2,1-3H3,(H,22,24)/t10?,11-/m0/s1. The van der Waals surface area contributed by atoms with Crippen molar-refractivity contribution >= 4 is 17.5 Å². The van der Waals surface area contributed by atoms with Gasteiger partial charge in [-0.1, -0.05) is 0 Å². The molecule has 2 atom stereocenters. The van der Waals surface area contributed by atoms with Gasteiger partial charge in [0.15, 0.2) is 0 Å². The molecule has 6 nitrogen and oxygen atoms in total. The van der Waals surface area contributed by atoms with Crippen molar-refractivity contribution < 1.29 is 22.7 Å². The van der Waals surface area contributed by atoms with Gasteiger partial charge < -0.3 is 20.7 Å². The maximum Gasteiger partial charge on any atom is 0.407 e. The smallest absolute Gasteiger partial charge is 0.407 e. The highest BCUT2D eigenvalue weighted by molar-refractivity contribution is 5.69. The van der Waals surface area contributed by atoms with Gasteiger partial charge in [-0.25, -0.2) is 4.79 Å². The van der Waals surface area contributed by atoms with E-state index in [2.05, 4.69) is 10.3 Å². The van der Waals surface area contributed by atoms with Crippen LogP contribution < -0.4 is 16.0 Å². The summed E-state index contributed by atoms with van der Waals surface area (Å²) in [6.45, 7) is 5.06. The molecule has 0 aromatic carbocycles. The van der Waals surface area contributed by atoms with E-state index in [-0.39, 0.29) is 19.5 Å². The minimum absolute atomic E-state index is 0.204. The molecule has 0 aliphatic carbocycles. The number of nitrogens with zero attached hydrogens (tertiary/aromatic N) is 2. The number of rotatable bonds is 2. The van der Waals surface area contributed by atoms with E-state index in [9.17, 15) is 18.0 Å². The van der Waals surface area contributed by atoms with Crippen molar-refractivity contribution in [3.05, 3.63) is 18.5 Å². The van der Waals surface area contributed by atoms with Crippen LogP contribution in [-0.2, 0) is 4.74 Å². The van der Waals surface area contributed by atoms with Gasteiger partial charge in [0.1, 0.15) is 5.60 Å². The highest BCUT2D eigenvalue weighted by Gasteiger charge is 2.45. The SMILES string of the molecule is CC(C)(C)OC(=O)N[C@H]1CC(C(F)(F)F)CN(c2ccncc2N)C1. The van der Waals surface area contributed by atoms with Gasteiger partial charge in [0.25, 0.3) is 0 Å². The Morgan fingerprint density at radius 1 is 1.36 bits per heavy atom. The van der Waals surface area contributed by atoms with Crippen molar-refractivity contribution in [2.45, 2.75) is 45.0 Å². The van der Waals surface area contributed by atoms with Gasteiger partial charge in [-0.3, -0.25) is 4.98 Å². The predicted molar refractivity (Wildman–Crippen MR) is 88.2 cm³/mol. The maximum absolute atomic E-state index is 13.3. The van der Waals surface area contributed by atoms with E-state index in [0.29, 0.717) is 11.4 Å². The number of nitrogens with two attached hydrogens (primary N) is 1. The summed E-state index contributed by atoms with van der Waals surface area (Å²) in [6.07, 6.45) is -2.44. The van der Waals surface area contributed by atoms with Crippen molar-refractivity contribution in [1.82, 2.24) is 10.3 Å². The van der Waals surface area contributed by atoms with Crippen molar-refractivity contribution in [2.24, 2.45) is 5.92 Å². The van der Waals surface area contributed by atoms with E-state index in [0.717, 1.165) is 0 Å². The van der Waals surface area contributed by atoms with Crippen LogP contribution in [0.15, 0.2) is 18.5 Å². The van der Waals surface area contributed by atoms with Crippen LogP contribution in [-0.4, -0.2) is 42.0 Å². The third-order valence-corrected chi connectivity index (χ3v) is 3.80. The number of carbonyl (C=O) groups excluding carboxylic acids is 1. The van der Waals surface area contributed by atoms with Crippen LogP contribution in [0, 0.1) is 5.92 Å². The average molecular weight is 360 g/mol. The largest absolute Gasteiger partial charge is 0.444 e. The van der Waals surface area contributed by atoms with Gasteiger partial charge in [-0.15, -0.1) is 0 Å². The molecule has 140 valence electrons. The number of amides is 1. The van der Waals surface area contributed by atoms with Crippen LogP contribution in [0.25, 0.3) is 0 Å². The fourth-order valence-electron chi connectivity index (χ4n) is 2.80. The monoisotopic (exact) mass is 360 g/mol. The number of aromatic nitrogens is 1. The minimum Gasteiger partial charge on any atom is -0.444 e. The van der Waals surface area contributed by atoms with E-state index in [1.54, 1.807) is 26.8 Å². The Labute approximate surface area is 144 Å². The van der Waals surface area contributed by atoms with Crippen molar-refractivity contribution in [1.29, 1.82) is 0 Å². The Hall–Kier alpha value is -2.19. The first kappa shape index (κ1) is 19.1. The molecule has 25 heavy (non-hydrogen) atoms. The molecule has 1 aromatic heterocycles. The second kappa shape index (κ2) is 6.97. The molecule has 9 heteroatoms. The number of pyridine rings is 1. The molecular weight excluding hydrogens is 337 g/mol. The first-order valence-corrected chi connectivity index (χ1v) is 7.96.